The fourth-order valence-corrected chi connectivity index (χ4v) is 1.18. The molecule has 0 aromatic heterocycles. The van der Waals surface area contributed by atoms with Gasteiger partial charge < -0.3 is 10.1 Å². The number of rotatable bonds is 7. The van der Waals surface area contributed by atoms with Crippen molar-refractivity contribution in [2.24, 2.45) is 0 Å². The number of ether oxygens (including phenoxy) is 1. The van der Waals surface area contributed by atoms with E-state index in [0.29, 0.717) is 23.9 Å². The predicted molar refractivity (Wildman–Crippen MR) is 65.9 cm³/mol. The first-order valence-corrected chi connectivity index (χ1v) is 5.49. The average Bonchev–Trinajstić information content (AvgIpc) is 2.32. The SMILES string of the molecule is COCCONCC(=O)Nc1ccc(Cl)cc1. The molecule has 0 spiro atoms. The van der Waals surface area contributed by atoms with Crippen LogP contribution in [0.25, 0.3) is 0 Å². The van der Waals surface area contributed by atoms with Gasteiger partial charge in [-0.15, -0.1) is 0 Å². The highest BCUT2D eigenvalue weighted by atomic mass is 35.5. The van der Waals surface area contributed by atoms with Crippen LogP contribution < -0.4 is 10.8 Å². The first kappa shape index (κ1) is 13.9. The van der Waals surface area contributed by atoms with E-state index in [1.165, 1.54) is 0 Å². The third-order valence-corrected chi connectivity index (χ3v) is 2.10. The minimum Gasteiger partial charge on any atom is -0.382 e. The summed E-state index contributed by atoms with van der Waals surface area (Å²) in [5.41, 5.74) is 3.23. The zero-order chi connectivity index (χ0) is 12.5. The van der Waals surface area contributed by atoms with Gasteiger partial charge in [-0.05, 0) is 24.3 Å². The van der Waals surface area contributed by atoms with Crippen molar-refractivity contribution in [2.45, 2.75) is 0 Å². The van der Waals surface area contributed by atoms with Crippen LogP contribution in [0.15, 0.2) is 24.3 Å². The second kappa shape index (κ2) is 8.03. The Hall–Kier alpha value is -1.14. The molecule has 0 heterocycles. The van der Waals surface area contributed by atoms with Gasteiger partial charge in [0.1, 0.15) is 6.54 Å². The number of carbonyl (C=O) groups excluding carboxylic acids is 1. The molecular weight excluding hydrogens is 244 g/mol. The van der Waals surface area contributed by atoms with Crippen molar-refractivity contribution in [3.05, 3.63) is 29.3 Å². The quantitative estimate of drug-likeness (QED) is 0.574. The van der Waals surface area contributed by atoms with E-state index in [1.54, 1.807) is 31.4 Å². The number of hydrogen-bond donors (Lipinski definition) is 2. The van der Waals surface area contributed by atoms with Gasteiger partial charge in [-0.1, -0.05) is 11.6 Å². The molecule has 5 nitrogen and oxygen atoms in total. The van der Waals surface area contributed by atoms with Crippen molar-refractivity contribution in [3.8, 4) is 0 Å². The first-order chi connectivity index (χ1) is 8.22. The lowest BCUT2D eigenvalue weighted by molar-refractivity contribution is -0.118. The Morgan fingerprint density at radius 2 is 2.00 bits per heavy atom. The summed E-state index contributed by atoms with van der Waals surface area (Å²) in [7, 11) is 1.58. The van der Waals surface area contributed by atoms with E-state index in [4.69, 9.17) is 21.2 Å². The summed E-state index contributed by atoms with van der Waals surface area (Å²) < 4.78 is 4.78. The van der Waals surface area contributed by atoms with Crippen LogP contribution in [-0.4, -0.2) is 32.8 Å². The number of carbonyl (C=O) groups is 1. The highest BCUT2D eigenvalue weighted by Gasteiger charge is 2.01. The topological polar surface area (TPSA) is 59.6 Å². The molecule has 0 bridgehead atoms. The summed E-state index contributed by atoms with van der Waals surface area (Å²) in [5.74, 6) is -0.190. The summed E-state index contributed by atoms with van der Waals surface area (Å²) in [4.78, 5) is 16.4. The molecule has 0 fully saturated rings. The predicted octanol–water partition coefficient (Wildman–Crippen LogP) is 1.45. The fourth-order valence-electron chi connectivity index (χ4n) is 1.05. The molecule has 17 heavy (non-hydrogen) atoms. The van der Waals surface area contributed by atoms with Crippen molar-refractivity contribution in [1.29, 1.82) is 0 Å². The van der Waals surface area contributed by atoms with Gasteiger partial charge in [-0.3, -0.25) is 9.63 Å². The van der Waals surface area contributed by atoms with Gasteiger partial charge in [0, 0.05) is 17.8 Å². The molecule has 2 N–H and O–H groups in total. The second-order valence-electron chi connectivity index (χ2n) is 3.22. The summed E-state index contributed by atoms with van der Waals surface area (Å²) in [6.45, 7) is 0.947. The lowest BCUT2D eigenvalue weighted by Crippen LogP contribution is -2.29. The van der Waals surface area contributed by atoms with Gasteiger partial charge in [0.05, 0.1) is 13.2 Å². The van der Waals surface area contributed by atoms with Crippen LogP contribution in [0.3, 0.4) is 0 Å². The smallest absolute Gasteiger partial charge is 0.240 e. The van der Waals surface area contributed by atoms with Crippen LogP contribution in [0.4, 0.5) is 5.69 Å². The van der Waals surface area contributed by atoms with Gasteiger partial charge in [0.2, 0.25) is 5.91 Å². The molecule has 0 saturated heterocycles. The maximum Gasteiger partial charge on any atom is 0.240 e. The Morgan fingerprint density at radius 1 is 1.29 bits per heavy atom. The molecule has 1 rings (SSSR count). The lowest BCUT2D eigenvalue weighted by atomic mass is 10.3. The molecule has 94 valence electrons. The standard InChI is InChI=1S/C11H15ClN2O3/c1-16-6-7-17-13-8-11(15)14-10-4-2-9(12)3-5-10/h2-5,13H,6-8H2,1H3,(H,14,15). The van der Waals surface area contributed by atoms with E-state index in [0.717, 1.165) is 0 Å². The van der Waals surface area contributed by atoms with E-state index in [1.807, 2.05) is 0 Å². The Bertz CT molecular complexity index is 343. The Balaban J connectivity index is 2.18. The van der Waals surface area contributed by atoms with E-state index >= 15 is 0 Å². The average molecular weight is 259 g/mol. The van der Waals surface area contributed by atoms with E-state index in [2.05, 4.69) is 10.8 Å². The summed E-state index contributed by atoms with van der Waals surface area (Å²) >= 11 is 5.72. The monoisotopic (exact) mass is 258 g/mol. The number of halogens is 1. The second-order valence-corrected chi connectivity index (χ2v) is 3.65. The summed E-state index contributed by atoms with van der Waals surface area (Å²) in [5, 5.41) is 3.32. The van der Waals surface area contributed by atoms with E-state index in [9.17, 15) is 4.79 Å². The molecule has 0 atom stereocenters. The largest absolute Gasteiger partial charge is 0.382 e. The maximum atomic E-state index is 11.4. The summed E-state index contributed by atoms with van der Waals surface area (Å²) in [6, 6.07) is 6.87. The number of amides is 1. The number of benzene rings is 1. The number of methoxy groups -OCH3 is 1. The van der Waals surface area contributed by atoms with E-state index in [-0.39, 0.29) is 12.5 Å². The molecule has 1 amide bonds. The number of anilines is 1. The van der Waals surface area contributed by atoms with Crippen molar-refractivity contribution < 1.29 is 14.4 Å². The molecule has 0 saturated carbocycles. The molecular formula is C11H15ClN2O3. The number of hydrogen-bond acceptors (Lipinski definition) is 4. The molecule has 0 aliphatic rings. The van der Waals surface area contributed by atoms with Crippen molar-refractivity contribution in [2.75, 3.05) is 32.2 Å². The third-order valence-electron chi connectivity index (χ3n) is 1.85. The lowest BCUT2D eigenvalue weighted by Gasteiger charge is -2.06. The molecule has 0 radical (unpaired) electrons. The fraction of sp³-hybridized carbons (Fsp3) is 0.364. The number of nitrogens with one attached hydrogen (secondary N) is 2. The molecule has 1 aromatic carbocycles. The molecule has 6 heteroatoms. The van der Waals surface area contributed by atoms with Gasteiger partial charge in [0.15, 0.2) is 0 Å². The zero-order valence-corrected chi connectivity index (χ0v) is 10.3. The van der Waals surface area contributed by atoms with E-state index < -0.39 is 0 Å². The van der Waals surface area contributed by atoms with Gasteiger partial charge >= 0.3 is 0 Å². The molecule has 0 unspecified atom stereocenters. The Kier molecular flexibility index (Phi) is 6.57. The highest BCUT2D eigenvalue weighted by molar-refractivity contribution is 6.30. The van der Waals surface area contributed by atoms with Crippen LogP contribution in [0, 0.1) is 0 Å². The minimum absolute atomic E-state index is 0.0757. The molecule has 0 aliphatic heterocycles. The maximum absolute atomic E-state index is 11.4. The highest BCUT2D eigenvalue weighted by Crippen LogP contribution is 2.12. The normalized spacial score (nSPS) is 10.2. The van der Waals surface area contributed by atoms with Crippen LogP contribution >= 0.6 is 11.6 Å². The van der Waals surface area contributed by atoms with Crippen LogP contribution in [0.5, 0.6) is 0 Å². The Labute approximate surface area is 105 Å². The molecule has 0 aliphatic carbocycles. The van der Waals surface area contributed by atoms with Crippen molar-refractivity contribution in [3.63, 3.8) is 0 Å². The van der Waals surface area contributed by atoms with Gasteiger partial charge in [0.25, 0.3) is 0 Å². The third kappa shape index (κ3) is 6.23. The van der Waals surface area contributed by atoms with Crippen LogP contribution in [-0.2, 0) is 14.4 Å². The molecule has 1 aromatic rings. The minimum atomic E-state index is -0.190. The zero-order valence-electron chi connectivity index (χ0n) is 9.53. The van der Waals surface area contributed by atoms with Gasteiger partial charge in [-0.2, -0.15) is 5.48 Å². The van der Waals surface area contributed by atoms with Crippen LogP contribution in [0.2, 0.25) is 5.02 Å². The number of hydroxylamine groups is 1. The Morgan fingerprint density at radius 3 is 2.65 bits per heavy atom. The summed E-state index contributed by atoms with van der Waals surface area (Å²) in [6.07, 6.45) is 0. The first-order valence-electron chi connectivity index (χ1n) is 5.11. The van der Waals surface area contributed by atoms with Crippen molar-refractivity contribution in [1.82, 2.24) is 5.48 Å². The van der Waals surface area contributed by atoms with Crippen LogP contribution in [0.1, 0.15) is 0 Å². The van der Waals surface area contributed by atoms with Gasteiger partial charge in [-0.25, -0.2) is 0 Å². The van der Waals surface area contributed by atoms with Crippen molar-refractivity contribution >= 4 is 23.2 Å².